The first-order valence-electron chi connectivity index (χ1n) is 5.57. The second-order valence-electron chi connectivity index (χ2n) is 3.59. The molecule has 7 heteroatoms. The van der Waals surface area contributed by atoms with Crippen molar-refractivity contribution in [3.05, 3.63) is 16.3 Å². The molecule has 0 saturated carbocycles. The van der Waals surface area contributed by atoms with E-state index in [-0.39, 0.29) is 5.00 Å². The number of nitro groups is 1. The zero-order valence-corrected chi connectivity index (χ0v) is 11.5. The molecule has 17 heavy (non-hydrogen) atoms. The van der Waals surface area contributed by atoms with Crippen LogP contribution in [0.1, 0.15) is 25.7 Å². The first kappa shape index (κ1) is 14.2. The van der Waals surface area contributed by atoms with E-state index in [9.17, 15) is 10.1 Å². The largest absolute Gasteiger partial charge is 0.361 e. The smallest absolute Gasteiger partial charge is 0.345 e. The Kier molecular flexibility index (Phi) is 6.95. The highest BCUT2D eigenvalue weighted by atomic mass is 32.2. The molecule has 1 heterocycles. The molecule has 0 aliphatic rings. The summed E-state index contributed by atoms with van der Waals surface area (Å²) in [5, 5.41) is 14.3. The second kappa shape index (κ2) is 8.30. The van der Waals surface area contributed by atoms with Crippen LogP contribution in [0, 0.1) is 10.1 Å². The first-order valence-corrected chi connectivity index (χ1v) is 7.78. The summed E-state index contributed by atoms with van der Waals surface area (Å²) in [6.45, 7) is 0.837. The average molecular weight is 275 g/mol. The Hall–Kier alpha value is -0.820. The van der Waals surface area contributed by atoms with E-state index >= 15 is 0 Å². The SMILES string of the molecule is CSCCCCCCNc1ncc([N+](=O)[O-])s1. The summed E-state index contributed by atoms with van der Waals surface area (Å²) < 4.78 is 0. The van der Waals surface area contributed by atoms with E-state index in [1.165, 1.54) is 31.2 Å². The van der Waals surface area contributed by atoms with Crippen molar-refractivity contribution in [2.45, 2.75) is 25.7 Å². The van der Waals surface area contributed by atoms with Gasteiger partial charge in [-0.3, -0.25) is 10.1 Å². The average Bonchev–Trinajstić information content (AvgIpc) is 2.77. The van der Waals surface area contributed by atoms with Crippen LogP contribution in [0.4, 0.5) is 10.1 Å². The molecule has 0 atom stereocenters. The number of nitrogens with zero attached hydrogens (tertiary/aromatic N) is 2. The van der Waals surface area contributed by atoms with Gasteiger partial charge in [0.05, 0.1) is 4.92 Å². The minimum absolute atomic E-state index is 0.0903. The first-order chi connectivity index (χ1) is 8.24. The van der Waals surface area contributed by atoms with Gasteiger partial charge in [0, 0.05) is 6.54 Å². The molecule has 0 aliphatic heterocycles. The van der Waals surface area contributed by atoms with Crippen LogP contribution in [0.5, 0.6) is 0 Å². The van der Waals surface area contributed by atoms with E-state index in [2.05, 4.69) is 16.6 Å². The summed E-state index contributed by atoms with van der Waals surface area (Å²) in [6.07, 6.45) is 8.22. The van der Waals surface area contributed by atoms with Crippen molar-refractivity contribution in [2.24, 2.45) is 0 Å². The van der Waals surface area contributed by atoms with Crippen molar-refractivity contribution in [2.75, 3.05) is 23.9 Å². The van der Waals surface area contributed by atoms with Gasteiger partial charge in [-0.2, -0.15) is 11.8 Å². The lowest BCUT2D eigenvalue weighted by molar-refractivity contribution is -0.380. The standard InChI is InChI=1S/C10H17N3O2S2/c1-16-7-5-3-2-4-6-11-10-12-8-9(17-10)13(14)15/h8H,2-7H2,1H3,(H,11,12). The minimum atomic E-state index is -0.411. The normalized spacial score (nSPS) is 10.4. The highest BCUT2D eigenvalue weighted by Crippen LogP contribution is 2.24. The van der Waals surface area contributed by atoms with Crippen LogP contribution in [0.25, 0.3) is 0 Å². The maximum absolute atomic E-state index is 10.4. The van der Waals surface area contributed by atoms with Gasteiger partial charge >= 0.3 is 5.00 Å². The third kappa shape index (κ3) is 5.88. The molecule has 0 aliphatic carbocycles. The van der Waals surface area contributed by atoms with E-state index in [4.69, 9.17) is 0 Å². The van der Waals surface area contributed by atoms with Crippen molar-refractivity contribution < 1.29 is 4.92 Å². The van der Waals surface area contributed by atoms with Crippen LogP contribution in [0.15, 0.2) is 6.20 Å². The van der Waals surface area contributed by atoms with Gasteiger partial charge in [0.2, 0.25) is 0 Å². The molecule has 0 fully saturated rings. The Labute approximate surface area is 109 Å². The van der Waals surface area contributed by atoms with E-state index in [0.717, 1.165) is 24.3 Å². The molecule has 1 aromatic heterocycles. The lowest BCUT2D eigenvalue weighted by Crippen LogP contribution is -2.00. The molecule has 0 aromatic carbocycles. The highest BCUT2D eigenvalue weighted by Gasteiger charge is 2.10. The number of thiazole rings is 1. The zero-order valence-electron chi connectivity index (χ0n) is 9.85. The molecular weight excluding hydrogens is 258 g/mol. The van der Waals surface area contributed by atoms with E-state index in [1.54, 1.807) is 0 Å². The number of anilines is 1. The van der Waals surface area contributed by atoms with Crippen LogP contribution in [0.3, 0.4) is 0 Å². The van der Waals surface area contributed by atoms with Gasteiger partial charge in [0.15, 0.2) is 5.13 Å². The molecule has 0 amide bonds. The fourth-order valence-corrected chi connectivity index (χ4v) is 2.50. The molecule has 0 saturated heterocycles. The van der Waals surface area contributed by atoms with Crippen molar-refractivity contribution in [3.8, 4) is 0 Å². The summed E-state index contributed by atoms with van der Waals surface area (Å²) in [5.74, 6) is 1.23. The van der Waals surface area contributed by atoms with E-state index in [1.807, 2.05) is 11.8 Å². The van der Waals surface area contributed by atoms with Crippen LogP contribution in [-0.4, -0.2) is 28.5 Å². The van der Waals surface area contributed by atoms with Gasteiger partial charge in [-0.15, -0.1) is 0 Å². The molecule has 0 radical (unpaired) electrons. The molecule has 1 aromatic rings. The van der Waals surface area contributed by atoms with E-state index < -0.39 is 4.92 Å². The van der Waals surface area contributed by atoms with Crippen molar-refractivity contribution >= 4 is 33.2 Å². The van der Waals surface area contributed by atoms with Crippen molar-refractivity contribution in [3.63, 3.8) is 0 Å². The number of aromatic nitrogens is 1. The lowest BCUT2D eigenvalue weighted by Gasteiger charge is -2.01. The second-order valence-corrected chi connectivity index (χ2v) is 5.59. The quantitative estimate of drug-likeness (QED) is 0.425. The van der Waals surface area contributed by atoms with Crippen molar-refractivity contribution in [1.82, 2.24) is 4.98 Å². The third-order valence-electron chi connectivity index (χ3n) is 2.22. The summed E-state index contributed by atoms with van der Waals surface area (Å²) in [6, 6.07) is 0. The predicted octanol–water partition coefficient (Wildman–Crippen LogP) is 3.39. The number of hydrogen-bond donors (Lipinski definition) is 1. The molecule has 1 rings (SSSR count). The van der Waals surface area contributed by atoms with Crippen LogP contribution < -0.4 is 5.32 Å². The minimum Gasteiger partial charge on any atom is -0.361 e. The molecule has 5 nitrogen and oxygen atoms in total. The fraction of sp³-hybridized carbons (Fsp3) is 0.700. The molecule has 96 valence electrons. The van der Waals surface area contributed by atoms with Gasteiger partial charge in [0.1, 0.15) is 6.20 Å². The number of rotatable bonds is 9. The number of thioether (sulfide) groups is 1. The number of unbranched alkanes of at least 4 members (excludes halogenated alkanes) is 3. The number of nitrogens with one attached hydrogen (secondary N) is 1. The predicted molar refractivity (Wildman–Crippen MR) is 74.1 cm³/mol. The molecule has 1 N–H and O–H groups in total. The summed E-state index contributed by atoms with van der Waals surface area (Å²) >= 11 is 2.97. The summed E-state index contributed by atoms with van der Waals surface area (Å²) in [5.41, 5.74) is 0. The van der Waals surface area contributed by atoms with Gasteiger partial charge in [0.25, 0.3) is 0 Å². The topological polar surface area (TPSA) is 68.1 Å². The maximum atomic E-state index is 10.4. The van der Waals surface area contributed by atoms with Crippen LogP contribution in [-0.2, 0) is 0 Å². The molecule has 0 bridgehead atoms. The maximum Gasteiger partial charge on any atom is 0.345 e. The monoisotopic (exact) mass is 275 g/mol. The Bertz CT molecular complexity index is 344. The van der Waals surface area contributed by atoms with Crippen LogP contribution >= 0.6 is 23.1 Å². The van der Waals surface area contributed by atoms with Gasteiger partial charge in [-0.05, 0) is 36.2 Å². The third-order valence-corrected chi connectivity index (χ3v) is 3.83. The molecular formula is C10H17N3O2S2. The lowest BCUT2D eigenvalue weighted by atomic mass is 10.2. The Morgan fingerprint density at radius 3 is 2.88 bits per heavy atom. The highest BCUT2D eigenvalue weighted by molar-refractivity contribution is 7.98. The zero-order chi connectivity index (χ0) is 12.5. The number of hydrogen-bond acceptors (Lipinski definition) is 6. The summed E-state index contributed by atoms with van der Waals surface area (Å²) in [4.78, 5) is 14.0. The Morgan fingerprint density at radius 1 is 1.47 bits per heavy atom. The van der Waals surface area contributed by atoms with Crippen molar-refractivity contribution in [1.29, 1.82) is 0 Å². The molecule has 0 spiro atoms. The Balaban J connectivity index is 2.07. The van der Waals surface area contributed by atoms with Gasteiger partial charge < -0.3 is 5.32 Å². The van der Waals surface area contributed by atoms with Gasteiger partial charge in [-0.25, -0.2) is 4.98 Å². The fourth-order valence-electron chi connectivity index (χ4n) is 1.35. The van der Waals surface area contributed by atoms with Crippen LogP contribution in [0.2, 0.25) is 0 Å². The summed E-state index contributed by atoms with van der Waals surface area (Å²) in [7, 11) is 0. The van der Waals surface area contributed by atoms with Gasteiger partial charge in [-0.1, -0.05) is 12.8 Å². The van der Waals surface area contributed by atoms with E-state index in [0.29, 0.717) is 5.13 Å². The molecule has 0 unspecified atom stereocenters. The Morgan fingerprint density at radius 2 is 2.24 bits per heavy atom.